The molecule has 0 amide bonds. The van der Waals surface area contributed by atoms with Crippen molar-refractivity contribution in [2.24, 2.45) is 0 Å². The minimum atomic E-state index is -1.01. The number of carboxylic acids is 1. The van der Waals surface area contributed by atoms with E-state index in [2.05, 4.69) is 0 Å². The van der Waals surface area contributed by atoms with Gasteiger partial charge in [0.15, 0.2) is 5.76 Å². The highest BCUT2D eigenvalue weighted by Gasteiger charge is 2.19. The maximum Gasteiger partial charge on any atom is 0.336 e. The van der Waals surface area contributed by atoms with E-state index in [4.69, 9.17) is 16.0 Å². The number of furan rings is 1. The minimum Gasteiger partial charge on any atom is -0.478 e. The summed E-state index contributed by atoms with van der Waals surface area (Å²) in [7, 11) is 0. The number of fused-ring (bicyclic) bond motifs is 1. The Morgan fingerprint density at radius 1 is 1.05 bits per heavy atom. The molecule has 0 bridgehead atoms. The SMILES string of the molecule is O=C(O)c1ccccc1-c1oc2ccccc2c1Cl. The third-order valence-corrected chi connectivity index (χ3v) is 3.31. The van der Waals surface area contributed by atoms with E-state index in [0.29, 0.717) is 21.9 Å². The molecular weight excluding hydrogens is 264 g/mol. The third kappa shape index (κ3) is 1.88. The van der Waals surface area contributed by atoms with Crippen molar-refractivity contribution < 1.29 is 14.3 Å². The lowest BCUT2D eigenvalue weighted by Crippen LogP contribution is -1.98. The molecule has 94 valence electrons. The fourth-order valence-electron chi connectivity index (χ4n) is 2.05. The first-order chi connectivity index (χ1) is 9.18. The fraction of sp³-hybridized carbons (Fsp3) is 0. The highest BCUT2D eigenvalue weighted by atomic mass is 35.5. The van der Waals surface area contributed by atoms with Crippen molar-refractivity contribution in [1.29, 1.82) is 0 Å². The number of halogens is 1. The molecule has 0 saturated carbocycles. The summed E-state index contributed by atoms with van der Waals surface area (Å²) < 4.78 is 5.68. The van der Waals surface area contributed by atoms with Gasteiger partial charge in [-0.15, -0.1) is 0 Å². The summed E-state index contributed by atoms with van der Waals surface area (Å²) >= 11 is 6.28. The topological polar surface area (TPSA) is 50.4 Å². The van der Waals surface area contributed by atoms with Crippen molar-refractivity contribution in [2.45, 2.75) is 0 Å². The zero-order valence-corrected chi connectivity index (χ0v) is 10.5. The molecule has 0 aliphatic carbocycles. The van der Waals surface area contributed by atoms with Crippen molar-refractivity contribution in [1.82, 2.24) is 0 Å². The summed E-state index contributed by atoms with van der Waals surface area (Å²) in [5.74, 6) is -0.618. The van der Waals surface area contributed by atoms with E-state index in [1.54, 1.807) is 24.3 Å². The van der Waals surface area contributed by atoms with Gasteiger partial charge >= 0.3 is 5.97 Å². The molecule has 0 atom stereocenters. The quantitative estimate of drug-likeness (QED) is 0.750. The second kappa shape index (κ2) is 4.44. The van der Waals surface area contributed by atoms with Crippen LogP contribution in [0, 0.1) is 0 Å². The first-order valence-electron chi connectivity index (χ1n) is 5.68. The molecule has 3 aromatic rings. The Labute approximate surface area is 114 Å². The summed E-state index contributed by atoms with van der Waals surface area (Å²) in [5.41, 5.74) is 1.29. The number of aromatic carboxylic acids is 1. The molecule has 0 spiro atoms. The number of hydrogen-bond donors (Lipinski definition) is 1. The molecule has 4 heteroatoms. The average molecular weight is 273 g/mol. The summed E-state index contributed by atoms with van der Waals surface area (Å²) in [6, 6.07) is 14.0. The van der Waals surface area contributed by atoms with Gasteiger partial charge in [-0.25, -0.2) is 4.79 Å². The lowest BCUT2D eigenvalue weighted by Gasteiger charge is -2.02. The Morgan fingerprint density at radius 2 is 1.74 bits per heavy atom. The number of rotatable bonds is 2. The van der Waals surface area contributed by atoms with Crippen LogP contribution in [0.2, 0.25) is 5.02 Å². The van der Waals surface area contributed by atoms with E-state index in [-0.39, 0.29) is 5.56 Å². The highest BCUT2D eigenvalue weighted by molar-refractivity contribution is 6.38. The average Bonchev–Trinajstić information content (AvgIpc) is 2.76. The smallest absolute Gasteiger partial charge is 0.336 e. The Kier molecular flexibility index (Phi) is 2.76. The Bertz CT molecular complexity index is 774. The van der Waals surface area contributed by atoms with Crippen LogP contribution in [0.25, 0.3) is 22.3 Å². The van der Waals surface area contributed by atoms with Gasteiger partial charge in [0.05, 0.1) is 10.6 Å². The summed E-state index contributed by atoms with van der Waals surface area (Å²) in [4.78, 5) is 11.2. The van der Waals surface area contributed by atoms with Crippen LogP contribution in [-0.2, 0) is 0 Å². The molecule has 0 saturated heterocycles. The molecule has 0 aliphatic heterocycles. The van der Waals surface area contributed by atoms with Gasteiger partial charge in [0.25, 0.3) is 0 Å². The number of para-hydroxylation sites is 1. The van der Waals surface area contributed by atoms with Gasteiger partial charge in [-0.1, -0.05) is 41.9 Å². The molecular formula is C15H9ClO3. The van der Waals surface area contributed by atoms with Gasteiger partial charge in [0.1, 0.15) is 5.58 Å². The molecule has 0 radical (unpaired) electrons. The van der Waals surface area contributed by atoms with E-state index < -0.39 is 5.97 Å². The van der Waals surface area contributed by atoms with Crippen LogP contribution in [0.4, 0.5) is 0 Å². The lowest BCUT2D eigenvalue weighted by atomic mass is 10.1. The molecule has 0 fully saturated rings. The van der Waals surface area contributed by atoms with E-state index in [0.717, 1.165) is 5.39 Å². The van der Waals surface area contributed by atoms with Gasteiger partial charge in [-0.05, 0) is 18.2 Å². The van der Waals surface area contributed by atoms with Gasteiger partial charge < -0.3 is 9.52 Å². The van der Waals surface area contributed by atoms with Crippen LogP contribution in [0.3, 0.4) is 0 Å². The summed E-state index contributed by atoms with van der Waals surface area (Å²) in [5, 5.41) is 10.4. The van der Waals surface area contributed by atoms with Gasteiger partial charge in [0.2, 0.25) is 0 Å². The Balaban J connectivity index is 2.31. The predicted octanol–water partition coefficient (Wildman–Crippen LogP) is 4.45. The molecule has 3 nitrogen and oxygen atoms in total. The molecule has 0 unspecified atom stereocenters. The van der Waals surface area contributed by atoms with Gasteiger partial charge in [-0.3, -0.25) is 0 Å². The van der Waals surface area contributed by atoms with Crippen molar-refractivity contribution >= 4 is 28.5 Å². The highest BCUT2D eigenvalue weighted by Crippen LogP contribution is 2.38. The number of carbonyl (C=O) groups is 1. The zero-order chi connectivity index (χ0) is 13.4. The summed E-state index contributed by atoms with van der Waals surface area (Å²) in [6.45, 7) is 0. The van der Waals surface area contributed by atoms with Crippen LogP contribution in [-0.4, -0.2) is 11.1 Å². The van der Waals surface area contributed by atoms with Crippen LogP contribution in [0.15, 0.2) is 52.9 Å². The van der Waals surface area contributed by atoms with Crippen LogP contribution in [0.1, 0.15) is 10.4 Å². The third-order valence-electron chi connectivity index (χ3n) is 2.94. The summed E-state index contributed by atoms with van der Waals surface area (Å²) in [6.07, 6.45) is 0. The molecule has 2 aromatic carbocycles. The Morgan fingerprint density at radius 3 is 2.47 bits per heavy atom. The van der Waals surface area contributed by atoms with Gasteiger partial charge in [0, 0.05) is 10.9 Å². The van der Waals surface area contributed by atoms with E-state index in [1.165, 1.54) is 6.07 Å². The van der Waals surface area contributed by atoms with E-state index in [1.807, 2.05) is 18.2 Å². The van der Waals surface area contributed by atoms with Crippen LogP contribution in [0.5, 0.6) is 0 Å². The lowest BCUT2D eigenvalue weighted by molar-refractivity contribution is 0.0697. The van der Waals surface area contributed by atoms with Crippen molar-refractivity contribution in [3.8, 4) is 11.3 Å². The molecule has 19 heavy (non-hydrogen) atoms. The molecule has 3 rings (SSSR count). The van der Waals surface area contributed by atoms with E-state index >= 15 is 0 Å². The minimum absolute atomic E-state index is 0.170. The van der Waals surface area contributed by atoms with Crippen molar-refractivity contribution in [3.63, 3.8) is 0 Å². The van der Waals surface area contributed by atoms with E-state index in [9.17, 15) is 9.90 Å². The first kappa shape index (κ1) is 11.8. The molecule has 1 N–H and O–H groups in total. The number of hydrogen-bond acceptors (Lipinski definition) is 2. The number of benzene rings is 2. The van der Waals surface area contributed by atoms with Crippen LogP contribution < -0.4 is 0 Å². The standard InChI is InChI=1S/C15H9ClO3/c16-13-11-7-3-4-8-12(11)19-14(13)9-5-1-2-6-10(9)15(17)18/h1-8H,(H,17,18). The second-order valence-electron chi connectivity index (χ2n) is 4.09. The zero-order valence-electron chi connectivity index (χ0n) is 9.76. The van der Waals surface area contributed by atoms with Crippen LogP contribution >= 0.6 is 11.6 Å². The fourth-order valence-corrected chi connectivity index (χ4v) is 2.35. The predicted molar refractivity (Wildman–Crippen MR) is 73.6 cm³/mol. The molecule has 1 heterocycles. The van der Waals surface area contributed by atoms with Crippen molar-refractivity contribution in [3.05, 3.63) is 59.1 Å². The largest absolute Gasteiger partial charge is 0.478 e. The van der Waals surface area contributed by atoms with Crippen molar-refractivity contribution in [2.75, 3.05) is 0 Å². The maximum atomic E-state index is 11.2. The molecule has 1 aromatic heterocycles. The normalized spacial score (nSPS) is 10.8. The second-order valence-corrected chi connectivity index (χ2v) is 4.47. The maximum absolute atomic E-state index is 11.2. The Hall–Kier alpha value is -2.26. The number of carboxylic acid groups (broad SMARTS) is 1. The van der Waals surface area contributed by atoms with Gasteiger partial charge in [-0.2, -0.15) is 0 Å². The first-order valence-corrected chi connectivity index (χ1v) is 6.06. The monoisotopic (exact) mass is 272 g/mol. The molecule has 0 aliphatic rings.